The van der Waals surface area contributed by atoms with Crippen LogP contribution in [0.2, 0.25) is 0 Å². The van der Waals surface area contributed by atoms with Crippen molar-refractivity contribution in [1.29, 1.82) is 0 Å². The van der Waals surface area contributed by atoms with Gasteiger partial charge in [0, 0.05) is 0 Å². The summed E-state index contributed by atoms with van der Waals surface area (Å²) < 4.78 is 0. The fourth-order valence-corrected chi connectivity index (χ4v) is 5.83. The molecule has 0 aromatic heterocycles. The smallest absolute Gasteiger partial charge is 0.00952 e. The molecular weight excluding hydrogens is 420 g/mol. The Morgan fingerprint density at radius 2 is 1.66 bits per heavy atom. The molecule has 0 N–H and O–H groups in total. The molecule has 0 amide bonds. The number of hydrogen-bond acceptors (Lipinski definition) is 0. The Kier molecular flexibility index (Phi) is 15.9. The van der Waals surface area contributed by atoms with E-state index in [4.69, 9.17) is 0 Å². The lowest BCUT2D eigenvalue weighted by molar-refractivity contribution is 0.268. The van der Waals surface area contributed by atoms with Crippen molar-refractivity contribution in [2.24, 2.45) is 23.2 Å². The fourth-order valence-electron chi connectivity index (χ4n) is 5.83. The molecule has 1 aliphatic rings. The molecule has 0 bridgehead atoms. The van der Waals surface area contributed by atoms with Gasteiger partial charge in [0.15, 0.2) is 0 Å². The first kappa shape index (κ1) is 32.0. The van der Waals surface area contributed by atoms with E-state index in [1.165, 1.54) is 89.0 Å². The van der Waals surface area contributed by atoms with Gasteiger partial charge in [-0.25, -0.2) is 0 Å². The van der Waals surface area contributed by atoms with E-state index in [2.05, 4.69) is 80.2 Å². The molecule has 1 saturated carbocycles. The average molecular weight is 483 g/mol. The maximum Gasteiger partial charge on any atom is -0.00952 e. The van der Waals surface area contributed by atoms with Gasteiger partial charge in [-0.1, -0.05) is 110 Å². The van der Waals surface area contributed by atoms with Crippen LogP contribution in [0.25, 0.3) is 0 Å². The predicted molar refractivity (Wildman–Crippen MR) is 161 cm³/mol. The Labute approximate surface area is 221 Å². The van der Waals surface area contributed by atoms with Crippen molar-refractivity contribution in [3.05, 3.63) is 47.1 Å². The van der Waals surface area contributed by atoms with E-state index in [9.17, 15) is 0 Å². The topological polar surface area (TPSA) is 0 Å². The van der Waals surface area contributed by atoms with Gasteiger partial charge < -0.3 is 0 Å². The standard InChI is InChI=1S/C35H62/c1-10-17-33(34(30(7)32-23-24-32)22-14-13-18-28(4)5)21-15-19-29(6)27-31(12-3)20-16-26-35(8,9)25-11-2/h13-14,21,29,31-32H,4,10-12,15-20,22-27H2,1-3,5-9H3/b14-13-,33-21-,34-30+. The van der Waals surface area contributed by atoms with Crippen molar-refractivity contribution >= 4 is 0 Å². The first-order valence-corrected chi connectivity index (χ1v) is 15.3. The van der Waals surface area contributed by atoms with Gasteiger partial charge in [-0.15, -0.1) is 0 Å². The molecule has 1 aliphatic carbocycles. The lowest BCUT2D eigenvalue weighted by atomic mass is 9.80. The minimum absolute atomic E-state index is 0.530. The first-order chi connectivity index (χ1) is 16.6. The summed E-state index contributed by atoms with van der Waals surface area (Å²) >= 11 is 0. The molecule has 0 spiro atoms. The zero-order valence-electron chi connectivity index (χ0n) is 25.3. The molecule has 0 heterocycles. The first-order valence-electron chi connectivity index (χ1n) is 15.3. The second-order valence-electron chi connectivity index (χ2n) is 12.8. The van der Waals surface area contributed by atoms with Crippen LogP contribution in [-0.2, 0) is 0 Å². The van der Waals surface area contributed by atoms with Crippen molar-refractivity contribution in [2.45, 2.75) is 152 Å². The number of rotatable bonds is 20. The van der Waals surface area contributed by atoms with Crippen LogP contribution < -0.4 is 0 Å². The Bertz CT molecular complexity index is 679. The lowest BCUT2D eigenvalue weighted by Gasteiger charge is -2.26. The summed E-state index contributed by atoms with van der Waals surface area (Å²) in [4.78, 5) is 0. The van der Waals surface area contributed by atoms with E-state index < -0.39 is 0 Å². The van der Waals surface area contributed by atoms with Crippen LogP contribution in [0.15, 0.2) is 47.1 Å². The molecule has 0 heteroatoms. The molecule has 1 rings (SSSR count). The van der Waals surface area contributed by atoms with Crippen LogP contribution in [0.1, 0.15) is 152 Å². The van der Waals surface area contributed by atoms with Crippen LogP contribution in [-0.4, -0.2) is 0 Å². The number of allylic oxidation sites excluding steroid dienone is 7. The summed E-state index contributed by atoms with van der Waals surface area (Å²) in [6, 6.07) is 0. The van der Waals surface area contributed by atoms with Gasteiger partial charge in [0.05, 0.1) is 0 Å². The number of hydrogen-bond donors (Lipinski definition) is 0. The molecule has 0 aromatic carbocycles. The van der Waals surface area contributed by atoms with Crippen LogP contribution in [0, 0.1) is 23.2 Å². The Morgan fingerprint density at radius 1 is 0.971 bits per heavy atom. The van der Waals surface area contributed by atoms with E-state index >= 15 is 0 Å². The van der Waals surface area contributed by atoms with Gasteiger partial charge in [-0.3, -0.25) is 0 Å². The molecular formula is C35H62. The molecule has 202 valence electrons. The quantitative estimate of drug-likeness (QED) is 0.119. The highest BCUT2D eigenvalue weighted by molar-refractivity contribution is 5.38. The molecule has 35 heavy (non-hydrogen) atoms. The zero-order valence-corrected chi connectivity index (χ0v) is 25.3. The van der Waals surface area contributed by atoms with E-state index in [0.717, 1.165) is 30.6 Å². The van der Waals surface area contributed by atoms with Gasteiger partial charge in [0.25, 0.3) is 0 Å². The van der Waals surface area contributed by atoms with Crippen molar-refractivity contribution < 1.29 is 0 Å². The summed E-state index contributed by atoms with van der Waals surface area (Å²) in [6.45, 7) is 23.1. The molecule has 0 saturated heterocycles. The highest BCUT2D eigenvalue weighted by Gasteiger charge is 2.26. The summed E-state index contributed by atoms with van der Waals surface area (Å²) in [5, 5.41) is 0. The SMILES string of the molecule is C=C(C)C/C=C\CC(/C(=C\CCC(C)CC(CC)CCCC(C)(C)CCC)CCC)=C(/C)C1CC1. The predicted octanol–water partition coefficient (Wildman–Crippen LogP) is 12.2. The second kappa shape index (κ2) is 17.4. The third-order valence-corrected chi connectivity index (χ3v) is 8.28. The third-order valence-electron chi connectivity index (χ3n) is 8.28. The van der Waals surface area contributed by atoms with Crippen molar-refractivity contribution in [2.75, 3.05) is 0 Å². The molecule has 0 radical (unpaired) electrons. The van der Waals surface area contributed by atoms with E-state index in [1.54, 1.807) is 16.7 Å². The molecule has 1 fully saturated rings. The van der Waals surface area contributed by atoms with Crippen molar-refractivity contribution in [3.63, 3.8) is 0 Å². The minimum Gasteiger partial charge on any atom is -0.0998 e. The van der Waals surface area contributed by atoms with Gasteiger partial charge in [-0.05, 0) is 112 Å². The van der Waals surface area contributed by atoms with E-state index in [0.29, 0.717) is 5.41 Å². The fraction of sp³-hybridized carbons (Fsp3) is 0.771. The Morgan fingerprint density at radius 3 is 2.23 bits per heavy atom. The molecule has 0 aliphatic heterocycles. The van der Waals surface area contributed by atoms with Crippen LogP contribution >= 0.6 is 0 Å². The summed E-state index contributed by atoms with van der Waals surface area (Å²) in [5.41, 5.74) is 6.76. The molecule has 2 unspecified atom stereocenters. The summed E-state index contributed by atoms with van der Waals surface area (Å²) in [7, 11) is 0. The minimum atomic E-state index is 0.530. The molecule has 2 atom stereocenters. The highest BCUT2D eigenvalue weighted by atomic mass is 14.3. The van der Waals surface area contributed by atoms with Gasteiger partial charge in [0.1, 0.15) is 0 Å². The van der Waals surface area contributed by atoms with Crippen LogP contribution in [0.5, 0.6) is 0 Å². The van der Waals surface area contributed by atoms with Crippen molar-refractivity contribution in [3.8, 4) is 0 Å². The third kappa shape index (κ3) is 14.3. The lowest BCUT2D eigenvalue weighted by Crippen LogP contribution is -2.12. The zero-order chi connectivity index (χ0) is 26.3. The summed E-state index contributed by atoms with van der Waals surface area (Å²) in [6.07, 6.45) is 27.0. The maximum atomic E-state index is 4.05. The maximum absolute atomic E-state index is 4.05. The Hall–Kier alpha value is -1.04. The van der Waals surface area contributed by atoms with Gasteiger partial charge in [0.2, 0.25) is 0 Å². The van der Waals surface area contributed by atoms with Gasteiger partial charge in [-0.2, -0.15) is 0 Å². The molecule has 0 aromatic rings. The van der Waals surface area contributed by atoms with Crippen LogP contribution in [0.3, 0.4) is 0 Å². The summed E-state index contributed by atoms with van der Waals surface area (Å²) in [5.74, 6) is 2.59. The van der Waals surface area contributed by atoms with Crippen LogP contribution in [0.4, 0.5) is 0 Å². The normalized spacial score (nSPS) is 17.5. The average Bonchev–Trinajstić information content (AvgIpc) is 3.63. The monoisotopic (exact) mass is 482 g/mol. The van der Waals surface area contributed by atoms with E-state index in [1.807, 2.05) is 0 Å². The second-order valence-corrected chi connectivity index (χ2v) is 12.8. The molecule has 0 nitrogen and oxygen atoms in total. The largest absolute Gasteiger partial charge is 0.0998 e. The Balaban J connectivity index is 2.68. The van der Waals surface area contributed by atoms with Gasteiger partial charge >= 0.3 is 0 Å². The highest BCUT2D eigenvalue weighted by Crippen LogP contribution is 2.41. The van der Waals surface area contributed by atoms with Crippen molar-refractivity contribution in [1.82, 2.24) is 0 Å². The van der Waals surface area contributed by atoms with E-state index in [-0.39, 0.29) is 0 Å².